The minimum Gasteiger partial charge on any atom is -0.379 e. The third-order valence-electron chi connectivity index (χ3n) is 5.66. The van der Waals surface area contributed by atoms with Crippen molar-refractivity contribution in [3.8, 4) is 0 Å². The van der Waals surface area contributed by atoms with E-state index in [-0.39, 0.29) is 10.8 Å². The lowest BCUT2D eigenvalue weighted by atomic mass is 10.2. The van der Waals surface area contributed by atoms with E-state index >= 15 is 0 Å². The van der Waals surface area contributed by atoms with E-state index in [0.717, 1.165) is 12.5 Å². The smallest absolute Gasteiger partial charge is 0.243 e. The SMILES string of the molecule is Cc1ccc(NC(=O)CN(CC2CC2)C2CC2)cc1S(=O)(=O)N1CCOCC1. The minimum atomic E-state index is -3.59. The highest BCUT2D eigenvalue weighted by atomic mass is 32.2. The molecule has 1 aromatic carbocycles. The summed E-state index contributed by atoms with van der Waals surface area (Å²) in [6.07, 6.45) is 4.88. The second-order valence-corrected chi connectivity index (χ2v) is 10.1. The Labute approximate surface area is 167 Å². The van der Waals surface area contributed by atoms with Gasteiger partial charge in [-0.3, -0.25) is 9.69 Å². The van der Waals surface area contributed by atoms with E-state index in [1.54, 1.807) is 25.1 Å². The summed E-state index contributed by atoms with van der Waals surface area (Å²) in [5, 5.41) is 2.90. The molecule has 0 atom stereocenters. The van der Waals surface area contributed by atoms with Crippen molar-refractivity contribution in [2.45, 2.75) is 43.5 Å². The number of amides is 1. The van der Waals surface area contributed by atoms with E-state index in [1.807, 2.05) is 0 Å². The van der Waals surface area contributed by atoms with Crippen molar-refractivity contribution in [1.82, 2.24) is 9.21 Å². The molecule has 3 fully saturated rings. The number of nitrogens with one attached hydrogen (secondary N) is 1. The molecule has 1 saturated heterocycles. The second-order valence-electron chi connectivity index (χ2n) is 8.15. The number of nitrogens with zero attached hydrogens (tertiary/aromatic N) is 2. The van der Waals surface area contributed by atoms with E-state index in [4.69, 9.17) is 4.74 Å². The predicted octanol–water partition coefficient (Wildman–Crippen LogP) is 1.83. The van der Waals surface area contributed by atoms with Crippen molar-refractivity contribution in [2.75, 3.05) is 44.7 Å². The fourth-order valence-electron chi connectivity index (χ4n) is 3.68. The molecule has 154 valence electrons. The molecule has 0 unspecified atom stereocenters. The molecule has 3 aliphatic rings. The maximum atomic E-state index is 13.0. The van der Waals surface area contributed by atoms with Crippen molar-refractivity contribution >= 4 is 21.6 Å². The van der Waals surface area contributed by atoms with Crippen LogP contribution in [0.15, 0.2) is 23.1 Å². The molecule has 1 N–H and O–H groups in total. The fraction of sp³-hybridized carbons (Fsp3) is 0.650. The van der Waals surface area contributed by atoms with E-state index in [0.29, 0.717) is 50.1 Å². The lowest BCUT2D eigenvalue weighted by Crippen LogP contribution is -2.40. The second kappa shape index (κ2) is 8.10. The van der Waals surface area contributed by atoms with Gasteiger partial charge >= 0.3 is 0 Å². The fourth-order valence-corrected chi connectivity index (χ4v) is 5.34. The van der Waals surface area contributed by atoms with Gasteiger partial charge in [0.2, 0.25) is 15.9 Å². The molecule has 7 nitrogen and oxygen atoms in total. The van der Waals surface area contributed by atoms with E-state index < -0.39 is 10.0 Å². The third kappa shape index (κ3) is 4.74. The molecule has 0 bridgehead atoms. The molecule has 1 heterocycles. The summed E-state index contributed by atoms with van der Waals surface area (Å²) in [5.41, 5.74) is 1.21. The van der Waals surface area contributed by atoms with Gasteiger partial charge in [0.15, 0.2) is 0 Å². The van der Waals surface area contributed by atoms with E-state index in [1.165, 1.54) is 30.0 Å². The Morgan fingerprint density at radius 2 is 1.93 bits per heavy atom. The lowest BCUT2D eigenvalue weighted by Gasteiger charge is -2.27. The molecule has 8 heteroatoms. The monoisotopic (exact) mass is 407 g/mol. The molecule has 4 rings (SSSR count). The Balaban J connectivity index is 1.44. The largest absolute Gasteiger partial charge is 0.379 e. The Kier molecular flexibility index (Phi) is 5.73. The average molecular weight is 408 g/mol. The minimum absolute atomic E-state index is 0.0777. The summed E-state index contributed by atoms with van der Waals surface area (Å²) in [5.74, 6) is 0.671. The highest BCUT2D eigenvalue weighted by Crippen LogP contribution is 2.34. The summed E-state index contributed by atoms with van der Waals surface area (Å²) < 4.78 is 32.7. The molecule has 1 aliphatic heterocycles. The number of anilines is 1. The van der Waals surface area contributed by atoms with Crippen molar-refractivity contribution in [1.29, 1.82) is 0 Å². The number of carbonyl (C=O) groups is 1. The van der Waals surface area contributed by atoms with Gasteiger partial charge in [0.25, 0.3) is 0 Å². The summed E-state index contributed by atoms with van der Waals surface area (Å²) in [4.78, 5) is 15.1. The Morgan fingerprint density at radius 1 is 1.21 bits per heavy atom. The van der Waals surface area contributed by atoms with Crippen molar-refractivity contribution in [2.24, 2.45) is 5.92 Å². The molecular weight excluding hydrogens is 378 g/mol. The maximum Gasteiger partial charge on any atom is 0.243 e. The number of morpholine rings is 1. The van der Waals surface area contributed by atoms with Crippen LogP contribution in [0.3, 0.4) is 0 Å². The number of benzene rings is 1. The van der Waals surface area contributed by atoms with Crippen LogP contribution in [0.2, 0.25) is 0 Å². The molecule has 2 aliphatic carbocycles. The van der Waals surface area contributed by atoms with Crippen molar-refractivity contribution < 1.29 is 17.9 Å². The molecule has 2 saturated carbocycles. The van der Waals surface area contributed by atoms with Gasteiger partial charge in [0, 0.05) is 31.4 Å². The molecule has 1 amide bonds. The van der Waals surface area contributed by atoms with Crippen LogP contribution >= 0.6 is 0 Å². The molecule has 0 radical (unpaired) electrons. The first-order valence-corrected chi connectivity index (χ1v) is 11.6. The summed E-state index contributed by atoms with van der Waals surface area (Å²) in [7, 11) is -3.59. The number of carbonyl (C=O) groups excluding carboxylic acids is 1. The van der Waals surface area contributed by atoms with Gasteiger partial charge in [0.05, 0.1) is 24.7 Å². The molecule has 1 aromatic rings. The van der Waals surface area contributed by atoms with Gasteiger partial charge in [-0.2, -0.15) is 4.31 Å². The van der Waals surface area contributed by atoms with Gasteiger partial charge in [-0.1, -0.05) is 6.07 Å². The molecule has 28 heavy (non-hydrogen) atoms. The first-order chi connectivity index (χ1) is 13.4. The van der Waals surface area contributed by atoms with Crippen LogP contribution < -0.4 is 5.32 Å². The normalized spacial score (nSPS) is 21.1. The predicted molar refractivity (Wildman–Crippen MR) is 107 cm³/mol. The van der Waals surface area contributed by atoms with Crippen molar-refractivity contribution in [3.05, 3.63) is 23.8 Å². The Bertz CT molecular complexity index is 828. The first-order valence-electron chi connectivity index (χ1n) is 10.2. The summed E-state index contributed by atoms with van der Waals surface area (Å²) in [6.45, 7) is 4.69. The topological polar surface area (TPSA) is 79.0 Å². The quantitative estimate of drug-likeness (QED) is 0.711. The maximum absolute atomic E-state index is 13.0. The number of rotatable bonds is 8. The summed E-state index contributed by atoms with van der Waals surface area (Å²) in [6, 6.07) is 5.65. The number of ether oxygens (including phenoxy) is 1. The van der Waals surface area contributed by atoms with Gasteiger partial charge in [0.1, 0.15) is 0 Å². The van der Waals surface area contributed by atoms with Crippen LogP contribution in [0.4, 0.5) is 5.69 Å². The Morgan fingerprint density at radius 3 is 2.57 bits per heavy atom. The lowest BCUT2D eigenvalue weighted by molar-refractivity contribution is -0.117. The summed E-state index contributed by atoms with van der Waals surface area (Å²) >= 11 is 0. The molecule has 0 spiro atoms. The zero-order chi connectivity index (χ0) is 19.7. The van der Waals surface area contributed by atoms with Crippen LogP contribution in [0.5, 0.6) is 0 Å². The standard InChI is InChI=1S/C20H29N3O4S/c1-15-2-5-17(12-19(15)28(25,26)23-8-10-27-11-9-23)21-20(24)14-22(18-6-7-18)13-16-3-4-16/h2,5,12,16,18H,3-4,6-11,13-14H2,1H3,(H,21,24). The van der Waals surface area contributed by atoms with Gasteiger partial charge in [-0.05, 0) is 56.2 Å². The highest BCUT2D eigenvalue weighted by Gasteiger charge is 2.34. The van der Waals surface area contributed by atoms with Crippen LogP contribution in [0.1, 0.15) is 31.2 Å². The number of hydrogen-bond donors (Lipinski definition) is 1. The van der Waals surface area contributed by atoms with Crippen LogP contribution in [0, 0.1) is 12.8 Å². The van der Waals surface area contributed by atoms with Gasteiger partial charge in [-0.25, -0.2) is 8.42 Å². The zero-order valence-corrected chi connectivity index (χ0v) is 17.2. The zero-order valence-electron chi connectivity index (χ0n) is 16.4. The van der Waals surface area contributed by atoms with E-state index in [9.17, 15) is 13.2 Å². The van der Waals surface area contributed by atoms with Gasteiger partial charge < -0.3 is 10.1 Å². The Hall–Kier alpha value is -1.48. The van der Waals surface area contributed by atoms with Crippen LogP contribution in [-0.4, -0.2) is 69.0 Å². The molecule has 0 aromatic heterocycles. The van der Waals surface area contributed by atoms with Crippen molar-refractivity contribution in [3.63, 3.8) is 0 Å². The number of sulfonamides is 1. The first kappa shape index (κ1) is 19.8. The number of hydrogen-bond acceptors (Lipinski definition) is 5. The highest BCUT2D eigenvalue weighted by molar-refractivity contribution is 7.89. The third-order valence-corrected chi connectivity index (χ3v) is 7.70. The van der Waals surface area contributed by atoms with E-state index in [2.05, 4.69) is 10.2 Å². The van der Waals surface area contributed by atoms with Crippen LogP contribution in [0.25, 0.3) is 0 Å². The van der Waals surface area contributed by atoms with Crippen LogP contribution in [-0.2, 0) is 19.6 Å². The average Bonchev–Trinajstić information content (AvgIpc) is 3.57. The molecular formula is C20H29N3O4S. The number of aryl methyl sites for hydroxylation is 1. The van der Waals surface area contributed by atoms with Gasteiger partial charge in [-0.15, -0.1) is 0 Å².